The zero-order valence-corrected chi connectivity index (χ0v) is 19.2. The fraction of sp³-hybridized carbons (Fsp3) is 0.455. The number of nitrogens with one attached hydrogen (secondary N) is 1. The van der Waals surface area contributed by atoms with Crippen molar-refractivity contribution in [2.75, 3.05) is 19.7 Å². The van der Waals surface area contributed by atoms with E-state index in [1.54, 1.807) is 45.0 Å². The number of benzene rings is 1. The van der Waals surface area contributed by atoms with Gasteiger partial charge in [0.1, 0.15) is 5.69 Å². The highest BCUT2D eigenvalue weighted by atomic mass is 32.2. The van der Waals surface area contributed by atoms with Crippen LogP contribution in [0.15, 0.2) is 29.2 Å². The number of ether oxygens (including phenoxy) is 1. The van der Waals surface area contributed by atoms with Gasteiger partial charge in [-0.3, -0.25) is 4.79 Å². The van der Waals surface area contributed by atoms with Gasteiger partial charge in [-0.15, -0.1) is 0 Å². The number of sulfonamides is 1. The number of ketones is 1. The molecule has 1 heterocycles. The molecule has 2 aromatic rings. The first-order valence-electron chi connectivity index (χ1n) is 9.95. The zero-order chi connectivity index (χ0) is 22.6. The lowest BCUT2D eigenvalue weighted by Gasteiger charge is -2.23. The van der Waals surface area contributed by atoms with Gasteiger partial charge < -0.3 is 9.72 Å². The second-order valence-electron chi connectivity index (χ2n) is 7.77. The average molecular weight is 435 g/mol. The van der Waals surface area contributed by atoms with Crippen molar-refractivity contribution >= 4 is 21.8 Å². The standard InChI is InChI=1S/C22H30N2O5S/c1-7-29-22(26)21-16(5)20(17(6)23-21)19(25)13-24(12-14(2)3)30(27,28)18-10-8-15(4)9-11-18/h8-11,14,23H,7,12-13H2,1-6H3. The predicted octanol–water partition coefficient (Wildman–Crippen LogP) is 3.65. The number of hydrogen-bond acceptors (Lipinski definition) is 5. The summed E-state index contributed by atoms with van der Waals surface area (Å²) < 4.78 is 32.6. The van der Waals surface area contributed by atoms with Gasteiger partial charge in [0.15, 0.2) is 5.78 Å². The Morgan fingerprint density at radius 2 is 1.70 bits per heavy atom. The minimum Gasteiger partial charge on any atom is -0.461 e. The first-order valence-corrected chi connectivity index (χ1v) is 11.4. The van der Waals surface area contributed by atoms with E-state index in [0.717, 1.165) is 5.56 Å². The first-order chi connectivity index (χ1) is 14.0. The fourth-order valence-corrected chi connectivity index (χ4v) is 4.89. The van der Waals surface area contributed by atoms with Gasteiger partial charge in [-0.05, 0) is 51.3 Å². The summed E-state index contributed by atoms with van der Waals surface area (Å²) in [5.41, 5.74) is 2.47. The van der Waals surface area contributed by atoms with Gasteiger partial charge in [0.05, 0.1) is 18.0 Å². The molecule has 2 rings (SSSR count). The molecule has 0 aliphatic carbocycles. The van der Waals surface area contributed by atoms with Crippen molar-refractivity contribution in [2.45, 2.75) is 46.4 Å². The summed E-state index contributed by atoms with van der Waals surface area (Å²) in [6.45, 7) is 10.8. The van der Waals surface area contributed by atoms with E-state index < -0.39 is 16.0 Å². The number of H-pyrrole nitrogens is 1. The van der Waals surface area contributed by atoms with E-state index in [1.165, 1.54) is 4.31 Å². The maximum atomic E-state index is 13.2. The molecule has 0 aliphatic heterocycles. The quantitative estimate of drug-likeness (QED) is 0.480. The maximum absolute atomic E-state index is 13.2. The fourth-order valence-electron chi connectivity index (χ4n) is 3.33. The molecule has 8 heteroatoms. The molecule has 0 fully saturated rings. The van der Waals surface area contributed by atoms with Crippen LogP contribution in [0.1, 0.15) is 58.4 Å². The SMILES string of the molecule is CCOC(=O)c1[nH]c(C)c(C(=O)CN(CC(C)C)S(=O)(=O)c2ccc(C)cc2)c1C. The van der Waals surface area contributed by atoms with Crippen molar-refractivity contribution < 1.29 is 22.7 Å². The van der Waals surface area contributed by atoms with Gasteiger partial charge in [-0.1, -0.05) is 31.5 Å². The smallest absolute Gasteiger partial charge is 0.355 e. The number of esters is 1. The van der Waals surface area contributed by atoms with Crippen molar-refractivity contribution in [3.8, 4) is 0 Å². The van der Waals surface area contributed by atoms with Gasteiger partial charge >= 0.3 is 5.97 Å². The first kappa shape index (κ1) is 23.8. The van der Waals surface area contributed by atoms with Crippen LogP contribution in [0.5, 0.6) is 0 Å². The van der Waals surface area contributed by atoms with Gasteiger partial charge in [-0.25, -0.2) is 13.2 Å². The van der Waals surface area contributed by atoms with Gasteiger partial charge in [0, 0.05) is 17.8 Å². The molecule has 1 N–H and O–H groups in total. The minimum atomic E-state index is -3.85. The van der Waals surface area contributed by atoms with E-state index >= 15 is 0 Å². The van der Waals surface area contributed by atoms with Crippen molar-refractivity contribution in [1.29, 1.82) is 0 Å². The van der Waals surface area contributed by atoms with E-state index in [2.05, 4.69) is 4.98 Å². The molecular weight excluding hydrogens is 404 g/mol. The molecular formula is C22H30N2O5S. The van der Waals surface area contributed by atoms with E-state index in [9.17, 15) is 18.0 Å². The topological polar surface area (TPSA) is 96.5 Å². The van der Waals surface area contributed by atoms with Crippen LogP contribution in [0.4, 0.5) is 0 Å². The molecule has 0 amide bonds. The van der Waals surface area contributed by atoms with Crippen LogP contribution in [0.2, 0.25) is 0 Å². The highest BCUT2D eigenvalue weighted by molar-refractivity contribution is 7.89. The number of nitrogens with zero attached hydrogens (tertiary/aromatic N) is 1. The summed E-state index contributed by atoms with van der Waals surface area (Å²) in [6.07, 6.45) is 0. The summed E-state index contributed by atoms with van der Waals surface area (Å²) in [5, 5.41) is 0. The van der Waals surface area contributed by atoms with E-state index in [-0.39, 0.29) is 42.0 Å². The van der Waals surface area contributed by atoms with Gasteiger partial charge in [-0.2, -0.15) is 4.31 Å². The van der Waals surface area contributed by atoms with Crippen LogP contribution in [0, 0.1) is 26.7 Å². The largest absolute Gasteiger partial charge is 0.461 e. The number of hydrogen-bond donors (Lipinski definition) is 1. The molecule has 0 unspecified atom stereocenters. The summed E-state index contributed by atoms with van der Waals surface area (Å²) in [4.78, 5) is 28.3. The number of aromatic nitrogens is 1. The molecule has 0 atom stereocenters. The van der Waals surface area contributed by atoms with Gasteiger partial charge in [0.2, 0.25) is 10.0 Å². The molecule has 164 valence electrons. The summed E-state index contributed by atoms with van der Waals surface area (Å²) >= 11 is 0. The molecule has 0 aliphatic rings. The molecule has 1 aromatic carbocycles. The van der Waals surface area contributed by atoms with Crippen molar-refractivity contribution in [1.82, 2.24) is 9.29 Å². The number of Topliss-reactive ketones (excluding diaryl/α,β-unsaturated/α-hetero) is 1. The lowest BCUT2D eigenvalue weighted by atomic mass is 10.1. The van der Waals surface area contributed by atoms with Crippen LogP contribution in [-0.4, -0.2) is 49.2 Å². The third-order valence-electron chi connectivity index (χ3n) is 4.74. The predicted molar refractivity (Wildman–Crippen MR) is 115 cm³/mol. The average Bonchev–Trinajstić information content (AvgIpc) is 2.95. The number of aromatic amines is 1. The highest BCUT2D eigenvalue weighted by Crippen LogP contribution is 2.23. The van der Waals surface area contributed by atoms with E-state index in [1.807, 2.05) is 20.8 Å². The Balaban J connectivity index is 2.39. The number of aryl methyl sites for hydroxylation is 2. The Bertz CT molecular complexity index is 1020. The molecule has 0 spiro atoms. The lowest BCUT2D eigenvalue weighted by Crippen LogP contribution is -2.38. The second kappa shape index (κ2) is 9.57. The Morgan fingerprint density at radius 3 is 2.23 bits per heavy atom. The molecule has 30 heavy (non-hydrogen) atoms. The molecule has 0 saturated carbocycles. The Morgan fingerprint density at radius 1 is 1.10 bits per heavy atom. The van der Waals surface area contributed by atoms with Crippen LogP contribution in [0.3, 0.4) is 0 Å². The molecule has 1 aromatic heterocycles. The highest BCUT2D eigenvalue weighted by Gasteiger charge is 2.30. The number of carbonyl (C=O) groups excluding carboxylic acids is 2. The van der Waals surface area contributed by atoms with Crippen molar-refractivity contribution in [2.24, 2.45) is 5.92 Å². The Labute approximate surface area is 178 Å². The maximum Gasteiger partial charge on any atom is 0.355 e. The Hall–Kier alpha value is -2.45. The summed E-state index contributed by atoms with van der Waals surface area (Å²) in [5.74, 6) is -0.877. The lowest BCUT2D eigenvalue weighted by molar-refractivity contribution is 0.0519. The minimum absolute atomic E-state index is 0.0292. The van der Waals surface area contributed by atoms with Crippen LogP contribution < -0.4 is 0 Å². The zero-order valence-electron chi connectivity index (χ0n) is 18.4. The van der Waals surface area contributed by atoms with E-state index in [4.69, 9.17) is 4.74 Å². The third kappa shape index (κ3) is 5.17. The normalized spacial score (nSPS) is 11.9. The molecule has 0 saturated heterocycles. The van der Waals surface area contributed by atoms with Crippen molar-refractivity contribution in [3.63, 3.8) is 0 Å². The Kier molecular flexibility index (Phi) is 7.60. The molecule has 7 nitrogen and oxygen atoms in total. The number of rotatable bonds is 9. The molecule has 0 radical (unpaired) electrons. The molecule has 0 bridgehead atoms. The van der Waals surface area contributed by atoms with Crippen LogP contribution in [-0.2, 0) is 14.8 Å². The summed E-state index contributed by atoms with van der Waals surface area (Å²) in [6, 6.07) is 6.56. The van der Waals surface area contributed by atoms with Crippen molar-refractivity contribution in [3.05, 3.63) is 52.3 Å². The third-order valence-corrected chi connectivity index (χ3v) is 6.57. The summed E-state index contributed by atoms with van der Waals surface area (Å²) in [7, 11) is -3.85. The van der Waals surface area contributed by atoms with Crippen LogP contribution in [0.25, 0.3) is 0 Å². The van der Waals surface area contributed by atoms with E-state index in [0.29, 0.717) is 16.8 Å². The number of carbonyl (C=O) groups is 2. The van der Waals surface area contributed by atoms with Crippen LogP contribution >= 0.6 is 0 Å². The monoisotopic (exact) mass is 434 g/mol. The second-order valence-corrected chi connectivity index (χ2v) is 9.71. The van der Waals surface area contributed by atoms with Gasteiger partial charge in [0.25, 0.3) is 0 Å².